The largest absolute Gasteiger partial charge is 0.315 e. The average molecular weight is 323 g/mol. The summed E-state index contributed by atoms with van der Waals surface area (Å²) in [6.45, 7) is 7.65. The lowest BCUT2D eigenvalue weighted by molar-refractivity contribution is 0.454. The van der Waals surface area contributed by atoms with Crippen LogP contribution in [-0.2, 0) is 6.42 Å². The molecule has 108 valence electrons. The molecule has 19 heavy (non-hydrogen) atoms. The fraction of sp³-hybridized carbons (Fsp3) is 0.600. The summed E-state index contributed by atoms with van der Waals surface area (Å²) in [5.41, 5.74) is 1.01. The van der Waals surface area contributed by atoms with Gasteiger partial charge in [-0.05, 0) is 49.4 Å². The van der Waals surface area contributed by atoms with Crippen molar-refractivity contribution in [1.29, 1.82) is 0 Å². The topological polar surface area (TPSA) is 12.0 Å². The van der Waals surface area contributed by atoms with E-state index in [1.165, 1.54) is 6.42 Å². The monoisotopic (exact) mass is 321 g/mol. The number of halogens is 3. The number of rotatable bonds is 7. The van der Waals surface area contributed by atoms with Gasteiger partial charge in [0, 0.05) is 21.1 Å². The van der Waals surface area contributed by atoms with Crippen molar-refractivity contribution < 1.29 is 0 Å². The van der Waals surface area contributed by atoms with E-state index in [1.54, 1.807) is 12.1 Å². The molecule has 0 saturated carbocycles. The molecule has 0 aliphatic carbocycles. The van der Waals surface area contributed by atoms with Crippen LogP contribution in [0.5, 0.6) is 0 Å². The van der Waals surface area contributed by atoms with Crippen molar-refractivity contribution in [2.75, 3.05) is 6.54 Å². The first-order chi connectivity index (χ1) is 8.90. The predicted molar refractivity (Wildman–Crippen MR) is 86.7 cm³/mol. The third-order valence-corrected chi connectivity index (χ3v) is 4.08. The molecular formula is C15H22Cl3N. The summed E-state index contributed by atoms with van der Waals surface area (Å²) in [4.78, 5) is 0. The molecule has 1 rings (SSSR count). The van der Waals surface area contributed by atoms with Crippen molar-refractivity contribution in [1.82, 2.24) is 5.32 Å². The second-order valence-electron chi connectivity index (χ2n) is 5.39. The number of hydrogen-bond donors (Lipinski definition) is 1. The van der Waals surface area contributed by atoms with Gasteiger partial charge >= 0.3 is 0 Å². The minimum atomic E-state index is 0.548. The summed E-state index contributed by atoms with van der Waals surface area (Å²) in [5, 5.41) is 5.37. The zero-order valence-corrected chi connectivity index (χ0v) is 14.0. The van der Waals surface area contributed by atoms with Gasteiger partial charge < -0.3 is 5.32 Å². The lowest BCUT2D eigenvalue weighted by atomic mass is 9.98. The molecule has 4 heteroatoms. The highest BCUT2D eigenvalue weighted by Gasteiger charge is 2.10. The van der Waals surface area contributed by atoms with E-state index in [0.29, 0.717) is 27.0 Å². The minimum absolute atomic E-state index is 0.548. The lowest BCUT2D eigenvalue weighted by Gasteiger charge is -2.15. The van der Waals surface area contributed by atoms with E-state index < -0.39 is 0 Å². The molecule has 1 aromatic carbocycles. The van der Waals surface area contributed by atoms with Crippen LogP contribution in [0.4, 0.5) is 0 Å². The first kappa shape index (κ1) is 17.1. The van der Waals surface area contributed by atoms with Gasteiger partial charge in [0.25, 0.3) is 0 Å². The maximum absolute atomic E-state index is 6.18. The predicted octanol–water partition coefficient (Wildman–Crippen LogP) is 5.60. The maximum atomic E-state index is 6.18. The molecule has 0 amide bonds. The quantitative estimate of drug-likeness (QED) is 0.688. The van der Waals surface area contributed by atoms with E-state index in [1.807, 2.05) is 0 Å². The van der Waals surface area contributed by atoms with Gasteiger partial charge in [0.2, 0.25) is 0 Å². The first-order valence-electron chi connectivity index (χ1n) is 6.77. The van der Waals surface area contributed by atoms with Crippen LogP contribution in [0.2, 0.25) is 15.1 Å². The Morgan fingerprint density at radius 3 is 2.11 bits per heavy atom. The van der Waals surface area contributed by atoms with Gasteiger partial charge in [-0.2, -0.15) is 0 Å². The molecule has 1 atom stereocenters. The zero-order valence-electron chi connectivity index (χ0n) is 11.8. The number of nitrogens with one attached hydrogen (secondary N) is 1. The van der Waals surface area contributed by atoms with Gasteiger partial charge in [-0.1, -0.05) is 55.6 Å². The summed E-state index contributed by atoms with van der Waals surface area (Å²) >= 11 is 18.3. The summed E-state index contributed by atoms with van der Waals surface area (Å²) < 4.78 is 0. The Balaban J connectivity index is 2.44. The van der Waals surface area contributed by atoms with Crippen LogP contribution in [0, 0.1) is 5.92 Å². The molecule has 0 aliphatic heterocycles. The van der Waals surface area contributed by atoms with Crippen LogP contribution in [0.3, 0.4) is 0 Å². The van der Waals surface area contributed by atoms with Crippen molar-refractivity contribution in [2.45, 2.75) is 46.1 Å². The zero-order chi connectivity index (χ0) is 14.4. The van der Waals surface area contributed by atoms with Crippen LogP contribution in [0.1, 0.15) is 39.2 Å². The van der Waals surface area contributed by atoms with E-state index in [-0.39, 0.29) is 0 Å². The molecule has 0 aromatic heterocycles. The third kappa shape index (κ3) is 6.35. The minimum Gasteiger partial charge on any atom is -0.315 e. The fourth-order valence-electron chi connectivity index (χ4n) is 1.96. The van der Waals surface area contributed by atoms with Gasteiger partial charge in [0.05, 0.1) is 0 Å². The Bertz CT molecular complexity index is 381. The molecule has 0 radical (unpaired) electrons. The Morgan fingerprint density at radius 1 is 1.00 bits per heavy atom. The molecule has 0 heterocycles. The molecule has 1 nitrogen and oxygen atoms in total. The SMILES string of the molecule is CC(CCNC(C)C)CCc1c(Cl)cc(Cl)cc1Cl. The molecule has 1 N–H and O–H groups in total. The molecule has 0 fully saturated rings. The molecule has 1 aromatic rings. The van der Waals surface area contributed by atoms with E-state index in [0.717, 1.165) is 24.9 Å². The average Bonchev–Trinajstić information content (AvgIpc) is 2.26. The summed E-state index contributed by atoms with van der Waals surface area (Å²) in [5.74, 6) is 0.647. The van der Waals surface area contributed by atoms with Crippen molar-refractivity contribution in [3.63, 3.8) is 0 Å². The standard InChI is InChI=1S/C15H22Cl3N/c1-10(2)19-7-6-11(3)4-5-13-14(17)8-12(16)9-15(13)18/h8-11,19H,4-7H2,1-3H3. The van der Waals surface area contributed by atoms with Gasteiger partial charge in [-0.3, -0.25) is 0 Å². The Morgan fingerprint density at radius 2 is 1.58 bits per heavy atom. The Labute approximate surface area is 131 Å². The maximum Gasteiger partial charge on any atom is 0.0467 e. The van der Waals surface area contributed by atoms with Crippen molar-refractivity contribution in [3.8, 4) is 0 Å². The van der Waals surface area contributed by atoms with E-state index in [4.69, 9.17) is 34.8 Å². The summed E-state index contributed by atoms with van der Waals surface area (Å²) in [6.07, 6.45) is 3.15. The molecule has 1 unspecified atom stereocenters. The van der Waals surface area contributed by atoms with Crippen LogP contribution in [-0.4, -0.2) is 12.6 Å². The van der Waals surface area contributed by atoms with Gasteiger partial charge in [0.1, 0.15) is 0 Å². The van der Waals surface area contributed by atoms with E-state index >= 15 is 0 Å². The van der Waals surface area contributed by atoms with Crippen LogP contribution < -0.4 is 5.32 Å². The van der Waals surface area contributed by atoms with Crippen molar-refractivity contribution in [3.05, 3.63) is 32.8 Å². The second-order valence-corrected chi connectivity index (χ2v) is 6.64. The molecule has 0 saturated heterocycles. The van der Waals surface area contributed by atoms with Gasteiger partial charge in [-0.15, -0.1) is 0 Å². The Hall–Kier alpha value is 0.0500. The second kappa shape index (κ2) is 8.36. The van der Waals surface area contributed by atoms with E-state index in [9.17, 15) is 0 Å². The smallest absolute Gasteiger partial charge is 0.0467 e. The molecule has 0 aliphatic rings. The van der Waals surface area contributed by atoms with Crippen molar-refractivity contribution in [2.24, 2.45) is 5.92 Å². The summed E-state index contributed by atoms with van der Waals surface area (Å²) in [7, 11) is 0. The first-order valence-corrected chi connectivity index (χ1v) is 7.90. The van der Waals surface area contributed by atoms with Gasteiger partial charge in [0.15, 0.2) is 0 Å². The lowest BCUT2D eigenvalue weighted by Crippen LogP contribution is -2.25. The fourth-order valence-corrected chi connectivity index (χ4v) is 2.97. The normalized spacial score (nSPS) is 13.0. The molecular weight excluding hydrogens is 301 g/mol. The highest BCUT2D eigenvalue weighted by atomic mass is 35.5. The highest BCUT2D eigenvalue weighted by molar-refractivity contribution is 6.39. The van der Waals surface area contributed by atoms with Crippen LogP contribution in [0.25, 0.3) is 0 Å². The van der Waals surface area contributed by atoms with Crippen LogP contribution >= 0.6 is 34.8 Å². The Kier molecular flexibility index (Phi) is 7.53. The molecule has 0 spiro atoms. The van der Waals surface area contributed by atoms with Crippen LogP contribution in [0.15, 0.2) is 12.1 Å². The van der Waals surface area contributed by atoms with Gasteiger partial charge in [-0.25, -0.2) is 0 Å². The third-order valence-electron chi connectivity index (χ3n) is 3.18. The summed E-state index contributed by atoms with van der Waals surface area (Å²) in [6, 6.07) is 4.07. The van der Waals surface area contributed by atoms with E-state index in [2.05, 4.69) is 26.1 Å². The highest BCUT2D eigenvalue weighted by Crippen LogP contribution is 2.30. The number of benzene rings is 1. The molecule has 0 bridgehead atoms. The van der Waals surface area contributed by atoms with Crippen molar-refractivity contribution >= 4 is 34.8 Å². The number of hydrogen-bond acceptors (Lipinski definition) is 1.